The van der Waals surface area contributed by atoms with Crippen LogP contribution in [0.5, 0.6) is 0 Å². The molecule has 1 fully saturated rings. The van der Waals surface area contributed by atoms with Gasteiger partial charge in [0, 0.05) is 0 Å². The van der Waals surface area contributed by atoms with E-state index in [-0.39, 0.29) is 0 Å². The van der Waals surface area contributed by atoms with E-state index < -0.39 is 0 Å². The predicted octanol–water partition coefficient (Wildman–Crippen LogP) is -0.698. The third kappa shape index (κ3) is 0.531. The van der Waals surface area contributed by atoms with Gasteiger partial charge in [0.05, 0.1) is 0 Å². The second kappa shape index (κ2) is 1.40. The molecule has 3 radical (unpaired) electrons. The fourth-order valence-corrected chi connectivity index (χ4v) is 0.953. The molecule has 1 saturated heterocycles. The Balaban J connectivity index is 2.39. The molecule has 0 unspecified atom stereocenters. The molecule has 1 amide bonds. The van der Waals surface area contributed by atoms with Gasteiger partial charge in [-0.05, 0) is 0 Å². The summed E-state index contributed by atoms with van der Waals surface area (Å²) in [4.78, 5) is 10.2. The first-order valence-corrected chi connectivity index (χ1v) is 3.10. The molecular weight excluding hydrogens is 185 g/mol. The summed E-state index contributed by atoms with van der Waals surface area (Å²) >= 11 is 1.24. The Kier molecular flexibility index (Phi) is 1.04. The number of nitrogens with zero attached hydrogens (tertiary/aromatic N) is 1. The van der Waals surface area contributed by atoms with Crippen LogP contribution in [0.3, 0.4) is 0 Å². The van der Waals surface area contributed by atoms with Gasteiger partial charge in [-0.25, -0.2) is 0 Å². The van der Waals surface area contributed by atoms with Crippen molar-refractivity contribution in [2.75, 3.05) is 6.54 Å². The number of amides is 1. The Morgan fingerprint density at radius 2 is 2.33 bits per heavy atom. The van der Waals surface area contributed by atoms with Crippen LogP contribution >= 0.6 is 0 Å². The van der Waals surface area contributed by atoms with E-state index in [1.165, 1.54) is 22.8 Å². The minimum atomic E-state index is 0.313. The molecule has 0 aromatic heterocycles. The SMILES string of the molecule is O=C1CC[N]1[Sn]. The molecular formula is C3H4NOSn. The molecule has 31 valence electrons. The quantitative estimate of drug-likeness (QED) is 0.364. The van der Waals surface area contributed by atoms with Gasteiger partial charge >= 0.3 is 49.6 Å². The van der Waals surface area contributed by atoms with E-state index in [1.54, 1.807) is 3.12 Å². The van der Waals surface area contributed by atoms with Crippen molar-refractivity contribution in [2.45, 2.75) is 6.42 Å². The van der Waals surface area contributed by atoms with Gasteiger partial charge in [0.1, 0.15) is 0 Å². The van der Waals surface area contributed by atoms with Gasteiger partial charge in [-0.3, -0.25) is 0 Å². The normalized spacial score (nSPS) is 20.8. The fraction of sp³-hybridized carbons (Fsp3) is 0.667. The van der Waals surface area contributed by atoms with Gasteiger partial charge in [-0.2, -0.15) is 0 Å². The summed E-state index contributed by atoms with van der Waals surface area (Å²) in [5.41, 5.74) is 0. The molecule has 2 nitrogen and oxygen atoms in total. The molecule has 0 aromatic carbocycles. The molecule has 0 aromatic rings. The zero-order valence-electron chi connectivity index (χ0n) is 3.27. The summed E-state index contributed by atoms with van der Waals surface area (Å²) in [6.07, 6.45) is 0.783. The Morgan fingerprint density at radius 3 is 2.33 bits per heavy atom. The molecule has 0 N–H and O–H groups in total. The zero-order valence-corrected chi connectivity index (χ0v) is 6.12. The molecule has 0 spiro atoms. The maximum atomic E-state index is 10.2. The first kappa shape index (κ1) is 4.43. The molecule has 1 rings (SSSR count). The maximum absolute atomic E-state index is 10.2. The molecule has 1 heterocycles. The summed E-state index contributed by atoms with van der Waals surface area (Å²) in [6, 6.07) is 0. The third-order valence-corrected chi connectivity index (χ3v) is 2.20. The summed E-state index contributed by atoms with van der Waals surface area (Å²) < 4.78 is 1.80. The summed E-state index contributed by atoms with van der Waals surface area (Å²) in [6.45, 7) is 0.997. The van der Waals surface area contributed by atoms with E-state index in [0.717, 1.165) is 13.0 Å². The van der Waals surface area contributed by atoms with Gasteiger partial charge in [0.15, 0.2) is 0 Å². The average molecular weight is 189 g/mol. The molecule has 1 aliphatic rings. The number of carbonyl (C=O) groups is 1. The predicted molar refractivity (Wildman–Crippen MR) is 22.1 cm³/mol. The second-order valence-corrected chi connectivity index (χ2v) is 2.84. The van der Waals surface area contributed by atoms with E-state index in [2.05, 4.69) is 0 Å². The molecule has 1 aliphatic heterocycles. The molecule has 0 saturated carbocycles. The van der Waals surface area contributed by atoms with Crippen molar-refractivity contribution < 1.29 is 4.79 Å². The number of carbonyl (C=O) groups excluding carboxylic acids is 1. The number of hydrogen-bond acceptors (Lipinski definition) is 1. The van der Waals surface area contributed by atoms with Gasteiger partial charge < -0.3 is 0 Å². The van der Waals surface area contributed by atoms with Crippen LogP contribution in [0.2, 0.25) is 0 Å². The summed E-state index contributed by atoms with van der Waals surface area (Å²) in [5, 5.41) is 0. The number of hydrogen-bond donors (Lipinski definition) is 0. The van der Waals surface area contributed by atoms with Crippen molar-refractivity contribution >= 4 is 28.7 Å². The van der Waals surface area contributed by atoms with Crippen LogP contribution in [0, 0.1) is 0 Å². The molecule has 3 heteroatoms. The van der Waals surface area contributed by atoms with Gasteiger partial charge in [-0.1, -0.05) is 0 Å². The topological polar surface area (TPSA) is 20.3 Å². The van der Waals surface area contributed by atoms with Gasteiger partial charge in [0.25, 0.3) is 0 Å². The van der Waals surface area contributed by atoms with Crippen LogP contribution in [0.25, 0.3) is 0 Å². The van der Waals surface area contributed by atoms with Crippen molar-refractivity contribution in [3.8, 4) is 0 Å². The minimum absolute atomic E-state index is 0.313. The summed E-state index contributed by atoms with van der Waals surface area (Å²) in [7, 11) is 0. The second-order valence-electron chi connectivity index (χ2n) is 1.30. The fourth-order valence-electron chi connectivity index (χ4n) is 0.315. The Morgan fingerprint density at radius 1 is 1.83 bits per heavy atom. The van der Waals surface area contributed by atoms with Crippen LogP contribution in [-0.4, -0.2) is 38.4 Å². The van der Waals surface area contributed by atoms with Crippen molar-refractivity contribution in [2.24, 2.45) is 0 Å². The van der Waals surface area contributed by atoms with Crippen molar-refractivity contribution in [3.63, 3.8) is 0 Å². The van der Waals surface area contributed by atoms with Crippen LogP contribution in [0.1, 0.15) is 6.42 Å². The van der Waals surface area contributed by atoms with E-state index in [4.69, 9.17) is 0 Å². The zero-order chi connectivity index (χ0) is 4.57. The first-order valence-electron chi connectivity index (χ1n) is 1.82. The van der Waals surface area contributed by atoms with Gasteiger partial charge in [0.2, 0.25) is 0 Å². The Bertz CT molecular complexity index is 82.9. The van der Waals surface area contributed by atoms with E-state index in [9.17, 15) is 4.79 Å². The third-order valence-electron chi connectivity index (χ3n) is 0.850. The van der Waals surface area contributed by atoms with Crippen molar-refractivity contribution in [1.82, 2.24) is 3.12 Å². The number of rotatable bonds is 0. The van der Waals surface area contributed by atoms with E-state index >= 15 is 0 Å². The Labute approximate surface area is 49.9 Å². The van der Waals surface area contributed by atoms with Crippen molar-refractivity contribution in [1.29, 1.82) is 0 Å². The van der Waals surface area contributed by atoms with Crippen LogP contribution in [0.15, 0.2) is 0 Å². The molecule has 0 atom stereocenters. The molecule has 0 bridgehead atoms. The van der Waals surface area contributed by atoms with E-state index in [1.807, 2.05) is 0 Å². The van der Waals surface area contributed by atoms with Crippen LogP contribution in [-0.2, 0) is 4.79 Å². The van der Waals surface area contributed by atoms with Crippen molar-refractivity contribution in [3.05, 3.63) is 0 Å². The van der Waals surface area contributed by atoms with Gasteiger partial charge in [-0.15, -0.1) is 0 Å². The summed E-state index contributed by atoms with van der Waals surface area (Å²) in [5.74, 6) is 0.313. The van der Waals surface area contributed by atoms with Crippen LogP contribution < -0.4 is 0 Å². The van der Waals surface area contributed by atoms with Crippen LogP contribution in [0.4, 0.5) is 0 Å². The Hall–Kier alpha value is 0.269. The number of β-lactam (4-membered cyclic amide) rings is 1. The van der Waals surface area contributed by atoms with E-state index in [0.29, 0.717) is 5.91 Å². The molecule has 0 aliphatic carbocycles. The first-order chi connectivity index (χ1) is 2.80. The monoisotopic (exact) mass is 190 g/mol. The molecule has 6 heavy (non-hydrogen) atoms. The average Bonchev–Trinajstić information content (AvgIpc) is 1.61. The standard InChI is InChI=1S/C3H5NO.Sn/c5-3-1-2-4-3;/h1-2H2,(H,4,5);/q;+1/p-1.